The van der Waals surface area contributed by atoms with Gasteiger partial charge in [0.25, 0.3) is 0 Å². The largest absolute Gasteiger partial charge is 0.373 e. The van der Waals surface area contributed by atoms with Gasteiger partial charge in [-0.1, -0.05) is 6.92 Å². The topological polar surface area (TPSA) is 41.1 Å². The third kappa shape index (κ3) is 1.95. The predicted molar refractivity (Wildman–Crippen MR) is 59.9 cm³/mol. The maximum absolute atomic E-state index is 4.30. The zero-order chi connectivity index (χ0) is 10.6. The molecular weight excluding hydrogens is 176 g/mol. The molecule has 0 spiro atoms. The van der Waals surface area contributed by atoms with E-state index in [-0.39, 0.29) is 0 Å². The van der Waals surface area contributed by atoms with E-state index in [0.29, 0.717) is 0 Å². The molecule has 0 bridgehead atoms. The summed E-state index contributed by atoms with van der Waals surface area (Å²) in [5.41, 5.74) is 1.18. The van der Waals surface area contributed by atoms with Crippen LogP contribution in [0.5, 0.6) is 0 Å². The smallest absolute Gasteiger partial charge is 0.137 e. The van der Waals surface area contributed by atoms with E-state index in [0.717, 1.165) is 24.6 Å². The molecule has 14 heavy (non-hydrogen) atoms. The van der Waals surface area contributed by atoms with Crippen molar-refractivity contribution >= 4 is 11.6 Å². The molecule has 0 saturated heterocycles. The molecule has 0 aromatic carbocycles. The van der Waals surface area contributed by atoms with Crippen LogP contribution < -0.4 is 10.2 Å². The summed E-state index contributed by atoms with van der Waals surface area (Å²) in [6.45, 7) is 5.18. The molecule has 0 unspecified atom stereocenters. The van der Waals surface area contributed by atoms with Crippen LogP contribution in [-0.4, -0.2) is 30.6 Å². The highest BCUT2D eigenvalue weighted by atomic mass is 15.2. The monoisotopic (exact) mass is 194 g/mol. The molecule has 1 aromatic rings. The summed E-state index contributed by atoms with van der Waals surface area (Å²) in [6, 6.07) is 0. The van der Waals surface area contributed by atoms with Crippen LogP contribution in [0, 0.1) is 0 Å². The number of nitrogens with one attached hydrogen (secondary N) is 1. The van der Waals surface area contributed by atoms with E-state index in [1.165, 1.54) is 5.56 Å². The molecule has 0 aliphatic heterocycles. The van der Waals surface area contributed by atoms with Crippen molar-refractivity contribution in [3.63, 3.8) is 0 Å². The summed E-state index contributed by atoms with van der Waals surface area (Å²) in [6.07, 6.45) is 2.54. The lowest BCUT2D eigenvalue weighted by molar-refractivity contribution is 0.903. The van der Waals surface area contributed by atoms with Crippen LogP contribution >= 0.6 is 0 Å². The zero-order valence-electron chi connectivity index (χ0n) is 9.33. The van der Waals surface area contributed by atoms with Gasteiger partial charge in [0.1, 0.15) is 18.0 Å². The Morgan fingerprint density at radius 2 is 2.07 bits per heavy atom. The van der Waals surface area contributed by atoms with Crippen molar-refractivity contribution in [3.05, 3.63) is 11.9 Å². The lowest BCUT2D eigenvalue weighted by Gasteiger charge is -2.19. The maximum Gasteiger partial charge on any atom is 0.137 e. The molecule has 0 aliphatic rings. The van der Waals surface area contributed by atoms with Gasteiger partial charge in [0.15, 0.2) is 0 Å². The molecule has 0 amide bonds. The fraction of sp³-hybridized carbons (Fsp3) is 0.600. The quantitative estimate of drug-likeness (QED) is 0.789. The van der Waals surface area contributed by atoms with Crippen LogP contribution in [0.1, 0.15) is 19.4 Å². The number of anilines is 2. The van der Waals surface area contributed by atoms with Gasteiger partial charge in [-0.3, -0.25) is 0 Å². The van der Waals surface area contributed by atoms with Crippen LogP contribution in [0.4, 0.5) is 11.6 Å². The van der Waals surface area contributed by atoms with Gasteiger partial charge in [-0.2, -0.15) is 0 Å². The van der Waals surface area contributed by atoms with Crippen molar-refractivity contribution in [2.75, 3.05) is 30.9 Å². The zero-order valence-corrected chi connectivity index (χ0v) is 9.33. The van der Waals surface area contributed by atoms with Crippen LogP contribution in [0.3, 0.4) is 0 Å². The van der Waals surface area contributed by atoms with E-state index in [2.05, 4.69) is 34.0 Å². The minimum atomic E-state index is 0.929. The van der Waals surface area contributed by atoms with Crippen LogP contribution in [0.15, 0.2) is 6.33 Å². The first-order valence-electron chi connectivity index (χ1n) is 4.97. The number of aromatic nitrogens is 2. The average Bonchev–Trinajstić information content (AvgIpc) is 2.26. The first-order valence-corrected chi connectivity index (χ1v) is 4.97. The summed E-state index contributed by atoms with van der Waals surface area (Å²) in [4.78, 5) is 10.6. The first-order chi connectivity index (χ1) is 6.74. The molecular formula is C10H18N4. The highest BCUT2D eigenvalue weighted by Gasteiger charge is 2.10. The van der Waals surface area contributed by atoms with Crippen molar-refractivity contribution in [2.45, 2.75) is 20.3 Å². The molecule has 78 valence electrons. The third-order valence-corrected chi connectivity index (χ3v) is 2.35. The predicted octanol–water partition coefficient (Wildman–Crippen LogP) is 1.54. The SMILES string of the molecule is CCc1c(NC)ncnc1N(C)CC. The van der Waals surface area contributed by atoms with Gasteiger partial charge in [-0.15, -0.1) is 0 Å². The number of nitrogens with zero attached hydrogens (tertiary/aromatic N) is 3. The summed E-state index contributed by atoms with van der Waals surface area (Å²) in [5.74, 6) is 1.95. The molecule has 0 radical (unpaired) electrons. The van der Waals surface area contributed by atoms with Crippen molar-refractivity contribution in [1.82, 2.24) is 9.97 Å². The summed E-state index contributed by atoms with van der Waals surface area (Å²) in [5, 5.41) is 3.09. The van der Waals surface area contributed by atoms with E-state index in [1.54, 1.807) is 6.33 Å². The van der Waals surface area contributed by atoms with Gasteiger partial charge in [-0.05, 0) is 13.3 Å². The van der Waals surface area contributed by atoms with Gasteiger partial charge >= 0.3 is 0 Å². The second kappa shape index (κ2) is 4.79. The standard InChI is InChI=1S/C10H18N4/c1-5-8-9(11-3)12-7-13-10(8)14(4)6-2/h7H,5-6H2,1-4H3,(H,11,12,13). The Labute approximate surface area is 85.4 Å². The van der Waals surface area contributed by atoms with Gasteiger partial charge in [0.05, 0.1) is 0 Å². The minimum Gasteiger partial charge on any atom is -0.373 e. The lowest BCUT2D eigenvalue weighted by Crippen LogP contribution is -2.20. The summed E-state index contributed by atoms with van der Waals surface area (Å²) >= 11 is 0. The Kier molecular flexibility index (Phi) is 3.68. The maximum atomic E-state index is 4.30. The van der Waals surface area contributed by atoms with Crippen molar-refractivity contribution in [2.24, 2.45) is 0 Å². The Morgan fingerprint density at radius 1 is 1.36 bits per heavy atom. The van der Waals surface area contributed by atoms with Gasteiger partial charge < -0.3 is 10.2 Å². The fourth-order valence-electron chi connectivity index (χ4n) is 1.42. The number of hydrogen-bond acceptors (Lipinski definition) is 4. The molecule has 0 fully saturated rings. The second-order valence-electron chi connectivity index (χ2n) is 3.14. The van der Waals surface area contributed by atoms with Gasteiger partial charge in [-0.25, -0.2) is 9.97 Å². The molecule has 1 heterocycles. The van der Waals surface area contributed by atoms with Crippen molar-refractivity contribution < 1.29 is 0 Å². The summed E-state index contributed by atoms with van der Waals surface area (Å²) < 4.78 is 0. The average molecular weight is 194 g/mol. The molecule has 0 aliphatic carbocycles. The van der Waals surface area contributed by atoms with Crippen molar-refractivity contribution in [3.8, 4) is 0 Å². The van der Waals surface area contributed by atoms with Gasteiger partial charge in [0.2, 0.25) is 0 Å². The molecule has 4 heteroatoms. The van der Waals surface area contributed by atoms with Gasteiger partial charge in [0, 0.05) is 26.2 Å². The van der Waals surface area contributed by atoms with E-state index in [4.69, 9.17) is 0 Å². The normalized spacial score (nSPS) is 10.0. The Morgan fingerprint density at radius 3 is 2.57 bits per heavy atom. The second-order valence-corrected chi connectivity index (χ2v) is 3.14. The highest BCUT2D eigenvalue weighted by molar-refractivity contribution is 5.58. The minimum absolute atomic E-state index is 0.929. The fourth-order valence-corrected chi connectivity index (χ4v) is 1.42. The van der Waals surface area contributed by atoms with E-state index in [1.807, 2.05) is 14.1 Å². The number of hydrogen-bond donors (Lipinski definition) is 1. The first kappa shape index (κ1) is 10.8. The molecule has 1 rings (SSSR count). The van der Waals surface area contributed by atoms with E-state index in [9.17, 15) is 0 Å². The highest BCUT2D eigenvalue weighted by Crippen LogP contribution is 2.22. The molecule has 0 atom stereocenters. The van der Waals surface area contributed by atoms with E-state index >= 15 is 0 Å². The summed E-state index contributed by atoms with van der Waals surface area (Å²) in [7, 11) is 3.93. The molecule has 1 aromatic heterocycles. The third-order valence-electron chi connectivity index (χ3n) is 2.35. The number of rotatable bonds is 4. The van der Waals surface area contributed by atoms with Crippen molar-refractivity contribution in [1.29, 1.82) is 0 Å². The molecule has 0 saturated carbocycles. The van der Waals surface area contributed by atoms with Crippen LogP contribution in [0.2, 0.25) is 0 Å². The van der Waals surface area contributed by atoms with Crippen LogP contribution in [-0.2, 0) is 6.42 Å². The molecule has 4 nitrogen and oxygen atoms in total. The Hall–Kier alpha value is -1.32. The lowest BCUT2D eigenvalue weighted by atomic mass is 10.2. The van der Waals surface area contributed by atoms with E-state index < -0.39 is 0 Å². The molecule has 1 N–H and O–H groups in total. The Bertz CT molecular complexity index is 298. The Balaban J connectivity index is 3.14. The van der Waals surface area contributed by atoms with Crippen LogP contribution in [0.25, 0.3) is 0 Å².